The van der Waals surface area contributed by atoms with Crippen molar-refractivity contribution in [1.82, 2.24) is 0 Å². The van der Waals surface area contributed by atoms with Crippen LogP contribution in [0.5, 0.6) is 0 Å². The normalized spacial score (nSPS) is 11.4. The highest BCUT2D eigenvalue weighted by atomic mass is 31.2. The molecule has 5 heteroatoms. The van der Waals surface area contributed by atoms with Crippen LogP contribution in [0.1, 0.15) is 110 Å². The van der Waals surface area contributed by atoms with E-state index < -0.39 is 7.60 Å². The van der Waals surface area contributed by atoms with Gasteiger partial charge in [0.15, 0.2) is 0 Å². The molecule has 1 unspecified atom stereocenters. The Kier molecular flexibility index (Phi) is 21.2. The maximum absolute atomic E-state index is 10.7. The lowest BCUT2D eigenvalue weighted by molar-refractivity contribution is 0.370. The van der Waals surface area contributed by atoms with Crippen molar-refractivity contribution in [2.24, 2.45) is 0 Å². The Morgan fingerprint density at radius 3 is 1.09 bits per heavy atom. The van der Waals surface area contributed by atoms with E-state index in [0.717, 1.165) is 12.8 Å². The highest BCUT2D eigenvalue weighted by Crippen LogP contribution is 2.35. The van der Waals surface area contributed by atoms with Crippen LogP contribution in [-0.2, 0) is 4.57 Å². The van der Waals surface area contributed by atoms with Gasteiger partial charge < -0.3 is 9.79 Å². The molecule has 0 saturated carbocycles. The zero-order chi connectivity index (χ0) is 16.5. The topological polar surface area (TPSA) is 57.5 Å². The Morgan fingerprint density at radius 1 is 0.565 bits per heavy atom. The van der Waals surface area contributed by atoms with E-state index >= 15 is 0 Å². The van der Waals surface area contributed by atoms with Crippen molar-refractivity contribution in [3.05, 3.63) is 0 Å². The molecule has 0 amide bonds. The first-order chi connectivity index (χ1) is 10.6. The standard InChI is InChI=1S/C18H39O3P.H3P/c1-2-3-4-5-6-7-8-9-10-11-12-13-14-15-16-17-18-22(19,20)21;/h2-18H2,1H3,(H2,19,20,21);1H3. The van der Waals surface area contributed by atoms with Gasteiger partial charge in [0.05, 0.1) is 0 Å². The summed E-state index contributed by atoms with van der Waals surface area (Å²) in [5.74, 6) is 0. The molecule has 0 aliphatic carbocycles. The second kappa shape index (κ2) is 18.9. The van der Waals surface area contributed by atoms with Crippen molar-refractivity contribution in [2.45, 2.75) is 110 Å². The van der Waals surface area contributed by atoms with Crippen molar-refractivity contribution in [2.75, 3.05) is 6.16 Å². The van der Waals surface area contributed by atoms with Gasteiger partial charge in [-0.05, 0) is 6.42 Å². The zero-order valence-electron chi connectivity index (χ0n) is 15.5. The van der Waals surface area contributed by atoms with Crippen LogP contribution in [0.25, 0.3) is 0 Å². The Balaban J connectivity index is 0. The number of hydrogen-bond donors (Lipinski definition) is 2. The van der Waals surface area contributed by atoms with E-state index in [-0.39, 0.29) is 16.1 Å². The first-order valence-electron chi connectivity index (χ1n) is 9.61. The highest BCUT2D eigenvalue weighted by molar-refractivity contribution is 7.51. The van der Waals surface area contributed by atoms with Crippen molar-refractivity contribution in [3.8, 4) is 0 Å². The molecule has 0 radical (unpaired) electrons. The number of rotatable bonds is 17. The summed E-state index contributed by atoms with van der Waals surface area (Å²) >= 11 is 0. The predicted octanol–water partition coefficient (Wildman–Crippen LogP) is 6.48. The molecule has 0 aliphatic rings. The molecule has 3 nitrogen and oxygen atoms in total. The van der Waals surface area contributed by atoms with Crippen molar-refractivity contribution >= 4 is 17.5 Å². The fourth-order valence-corrected chi connectivity index (χ4v) is 3.50. The van der Waals surface area contributed by atoms with Gasteiger partial charge in [0.25, 0.3) is 0 Å². The molecule has 0 aromatic carbocycles. The van der Waals surface area contributed by atoms with E-state index in [1.54, 1.807) is 0 Å². The highest BCUT2D eigenvalue weighted by Gasteiger charge is 2.10. The smallest absolute Gasteiger partial charge is 0.324 e. The summed E-state index contributed by atoms with van der Waals surface area (Å²) in [6.45, 7) is 2.27. The number of hydrogen-bond acceptors (Lipinski definition) is 1. The largest absolute Gasteiger partial charge is 0.325 e. The molecule has 0 heterocycles. The molecule has 1 atom stereocenters. The molecule has 0 aromatic rings. The van der Waals surface area contributed by atoms with Crippen LogP contribution in [0.4, 0.5) is 0 Å². The number of unbranched alkanes of at least 4 members (excludes halogenated alkanes) is 15. The van der Waals surface area contributed by atoms with Gasteiger partial charge in [-0.15, -0.1) is 0 Å². The summed E-state index contributed by atoms with van der Waals surface area (Å²) < 4.78 is 10.7. The SMILES string of the molecule is CCCCCCCCCCCCCCCCCCP(=O)(O)O.P. The van der Waals surface area contributed by atoms with Gasteiger partial charge >= 0.3 is 7.60 Å². The van der Waals surface area contributed by atoms with Crippen molar-refractivity contribution in [1.29, 1.82) is 0 Å². The third-order valence-corrected chi connectivity index (χ3v) is 5.20. The van der Waals surface area contributed by atoms with Crippen LogP contribution in [0.15, 0.2) is 0 Å². The maximum atomic E-state index is 10.7. The third-order valence-electron chi connectivity index (χ3n) is 4.30. The summed E-state index contributed by atoms with van der Waals surface area (Å²) in [6.07, 6.45) is 20.6. The van der Waals surface area contributed by atoms with Crippen LogP contribution in [0, 0.1) is 0 Å². The average molecular weight is 368 g/mol. The van der Waals surface area contributed by atoms with Crippen LogP contribution < -0.4 is 0 Å². The quantitative estimate of drug-likeness (QED) is 0.228. The molecule has 0 saturated heterocycles. The molecular weight excluding hydrogens is 326 g/mol. The van der Waals surface area contributed by atoms with Gasteiger partial charge in [0.1, 0.15) is 0 Å². The maximum Gasteiger partial charge on any atom is 0.325 e. The summed E-state index contributed by atoms with van der Waals surface area (Å²) in [5, 5.41) is 0. The summed E-state index contributed by atoms with van der Waals surface area (Å²) in [5.41, 5.74) is 0. The van der Waals surface area contributed by atoms with Crippen molar-refractivity contribution in [3.63, 3.8) is 0 Å². The molecule has 0 aliphatic heterocycles. The predicted molar refractivity (Wildman–Crippen MR) is 108 cm³/mol. The second-order valence-electron chi connectivity index (χ2n) is 6.69. The molecule has 0 spiro atoms. The van der Waals surface area contributed by atoms with Gasteiger partial charge in [0.2, 0.25) is 0 Å². The van der Waals surface area contributed by atoms with Crippen LogP contribution in [0.3, 0.4) is 0 Å². The van der Waals surface area contributed by atoms with Gasteiger partial charge in [-0.2, -0.15) is 9.90 Å². The lowest BCUT2D eigenvalue weighted by atomic mass is 10.0. The van der Waals surface area contributed by atoms with Gasteiger partial charge in [-0.3, -0.25) is 4.57 Å². The summed E-state index contributed by atoms with van der Waals surface area (Å²) in [4.78, 5) is 17.5. The van der Waals surface area contributed by atoms with E-state index in [1.807, 2.05) is 0 Å². The molecule has 2 N–H and O–H groups in total. The van der Waals surface area contributed by atoms with Gasteiger partial charge in [-0.25, -0.2) is 0 Å². The van der Waals surface area contributed by atoms with E-state index in [9.17, 15) is 4.57 Å². The molecule has 0 fully saturated rings. The first kappa shape index (κ1) is 25.8. The molecule has 0 rings (SSSR count). The first-order valence-corrected chi connectivity index (χ1v) is 11.4. The van der Waals surface area contributed by atoms with Gasteiger partial charge in [-0.1, -0.05) is 103 Å². The third kappa shape index (κ3) is 24.9. The second-order valence-corrected chi connectivity index (χ2v) is 8.47. The minimum absolute atomic E-state index is 0. The Labute approximate surface area is 148 Å². The summed E-state index contributed by atoms with van der Waals surface area (Å²) in [7, 11) is -3.75. The lowest BCUT2D eigenvalue weighted by Crippen LogP contribution is -1.88. The van der Waals surface area contributed by atoms with Crippen LogP contribution in [-0.4, -0.2) is 15.9 Å². The van der Waals surface area contributed by atoms with E-state index in [4.69, 9.17) is 9.79 Å². The zero-order valence-corrected chi connectivity index (χ0v) is 17.8. The Morgan fingerprint density at radius 2 is 0.826 bits per heavy atom. The van der Waals surface area contributed by atoms with Crippen LogP contribution in [0.2, 0.25) is 0 Å². The lowest BCUT2D eigenvalue weighted by Gasteiger charge is -2.04. The Hall–Kier alpha value is 0.580. The van der Waals surface area contributed by atoms with E-state index in [0.29, 0.717) is 6.42 Å². The average Bonchev–Trinajstić information content (AvgIpc) is 2.45. The monoisotopic (exact) mass is 368 g/mol. The fourth-order valence-electron chi connectivity index (χ4n) is 2.87. The van der Waals surface area contributed by atoms with E-state index in [2.05, 4.69) is 6.92 Å². The van der Waals surface area contributed by atoms with Crippen molar-refractivity contribution < 1.29 is 14.4 Å². The molecule has 142 valence electrons. The minimum atomic E-state index is -3.75. The molecule has 23 heavy (non-hydrogen) atoms. The molecular formula is C18H42O3P2. The molecule has 0 aromatic heterocycles. The minimum Gasteiger partial charge on any atom is -0.324 e. The summed E-state index contributed by atoms with van der Waals surface area (Å²) in [6, 6.07) is 0. The fraction of sp³-hybridized carbons (Fsp3) is 1.00. The van der Waals surface area contributed by atoms with Crippen LogP contribution >= 0.6 is 17.5 Å². The Bertz CT molecular complexity index is 267. The van der Waals surface area contributed by atoms with E-state index in [1.165, 1.54) is 83.5 Å². The van der Waals surface area contributed by atoms with Gasteiger partial charge in [0, 0.05) is 6.16 Å². The molecule has 0 bridgehead atoms.